The minimum atomic E-state index is -3.95. The molecule has 0 aliphatic heterocycles. The fraction of sp³-hybridized carbons (Fsp3) is 0.158. The third kappa shape index (κ3) is 4.55. The summed E-state index contributed by atoms with van der Waals surface area (Å²) in [6.45, 7) is 5.38. The highest BCUT2D eigenvalue weighted by molar-refractivity contribution is 7.89. The quantitative estimate of drug-likeness (QED) is 0.315. The monoisotopic (exact) mass is 414 g/mol. The second-order valence-corrected chi connectivity index (χ2v) is 8.15. The zero-order chi connectivity index (χ0) is 21.0. The first-order valence-corrected chi connectivity index (χ1v) is 10.0. The molecule has 0 spiro atoms. The summed E-state index contributed by atoms with van der Waals surface area (Å²) in [6.07, 6.45) is 1.43. The lowest BCUT2D eigenvalue weighted by molar-refractivity contribution is -0.384. The van der Waals surface area contributed by atoms with E-state index in [1.54, 1.807) is 0 Å². The van der Waals surface area contributed by atoms with Gasteiger partial charge in [0.25, 0.3) is 5.69 Å². The Morgan fingerprint density at radius 1 is 1.17 bits per heavy atom. The SMILES string of the molecule is C=CCN(Cc1nc(-c2ccc(C)cc2)no1)S(=O)(=O)c1ccc([N+](=O)[O-])cc1. The first-order valence-electron chi connectivity index (χ1n) is 8.56. The molecule has 0 fully saturated rings. The van der Waals surface area contributed by atoms with Gasteiger partial charge in [0.2, 0.25) is 21.7 Å². The molecule has 3 aromatic rings. The smallest absolute Gasteiger partial charge is 0.269 e. The Labute approximate surface area is 167 Å². The molecule has 0 atom stereocenters. The average molecular weight is 414 g/mol. The van der Waals surface area contributed by atoms with Gasteiger partial charge in [-0.25, -0.2) is 8.42 Å². The van der Waals surface area contributed by atoms with Gasteiger partial charge in [-0.1, -0.05) is 41.1 Å². The van der Waals surface area contributed by atoms with Crippen LogP contribution in [0.15, 0.2) is 70.6 Å². The Morgan fingerprint density at radius 3 is 2.41 bits per heavy atom. The molecular formula is C19H18N4O5S. The molecule has 0 amide bonds. The summed E-state index contributed by atoms with van der Waals surface area (Å²) in [4.78, 5) is 14.4. The molecule has 9 nitrogen and oxygen atoms in total. The number of aryl methyl sites for hydroxylation is 1. The maximum absolute atomic E-state index is 12.9. The second-order valence-electron chi connectivity index (χ2n) is 6.21. The molecule has 1 aromatic heterocycles. The number of hydrogen-bond acceptors (Lipinski definition) is 7. The number of rotatable bonds is 8. The molecule has 1 heterocycles. The average Bonchev–Trinajstić information content (AvgIpc) is 3.17. The number of nitro groups is 1. The Morgan fingerprint density at radius 2 is 1.83 bits per heavy atom. The van der Waals surface area contributed by atoms with E-state index >= 15 is 0 Å². The lowest BCUT2D eigenvalue weighted by atomic mass is 10.1. The van der Waals surface area contributed by atoms with Gasteiger partial charge in [0.1, 0.15) is 0 Å². The number of benzene rings is 2. The van der Waals surface area contributed by atoms with E-state index < -0.39 is 14.9 Å². The summed E-state index contributed by atoms with van der Waals surface area (Å²) in [7, 11) is -3.95. The third-order valence-electron chi connectivity index (χ3n) is 4.11. The molecule has 2 aromatic carbocycles. The van der Waals surface area contributed by atoms with Crippen LogP contribution in [0.1, 0.15) is 11.5 Å². The standard InChI is InChI=1S/C19H18N4O5S/c1-3-12-22(29(26,27)17-10-8-16(9-11-17)23(24)25)13-18-20-19(21-28-18)15-6-4-14(2)5-7-15/h3-11H,1,12-13H2,2H3. The van der Waals surface area contributed by atoms with Crippen molar-refractivity contribution in [1.29, 1.82) is 0 Å². The van der Waals surface area contributed by atoms with Gasteiger partial charge in [0, 0.05) is 24.2 Å². The van der Waals surface area contributed by atoms with Crippen LogP contribution in [0.4, 0.5) is 5.69 Å². The molecule has 0 aliphatic rings. The molecule has 0 unspecified atom stereocenters. The summed E-state index contributed by atoms with van der Waals surface area (Å²) in [5.74, 6) is 0.471. The minimum absolute atomic E-state index is 0.00155. The molecule has 150 valence electrons. The summed E-state index contributed by atoms with van der Waals surface area (Å²) in [6, 6.07) is 12.2. The van der Waals surface area contributed by atoms with E-state index in [2.05, 4.69) is 16.7 Å². The first kappa shape index (κ1) is 20.4. The fourth-order valence-corrected chi connectivity index (χ4v) is 3.93. The van der Waals surface area contributed by atoms with Crippen LogP contribution in [0.2, 0.25) is 0 Å². The maximum atomic E-state index is 12.9. The van der Waals surface area contributed by atoms with E-state index in [1.807, 2.05) is 31.2 Å². The van der Waals surface area contributed by atoms with E-state index in [0.717, 1.165) is 27.6 Å². The molecule has 0 aliphatic carbocycles. The van der Waals surface area contributed by atoms with Crippen molar-refractivity contribution in [2.45, 2.75) is 18.4 Å². The predicted molar refractivity (Wildman–Crippen MR) is 105 cm³/mol. The molecule has 0 saturated heterocycles. The van der Waals surface area contributed by atoms with Crippen molar-refractivity contribution in [3.05, 3.63) is 82.8 Å². The van der Waals surface area contributed by atoms with Crippen LogP contribution in [0.3, 0.4) is 0 Å². The van der Waals surface area contributed by atoms with E-state index in [-0.39, 0.29) is 29.6 Å². The Balaban J connectivity index is 1.85. The zero-order valence-electron chi connectivity index (χ0n) is 15.6. The van der Waals surface area contributed by atoms with E-state index in [9.17, 15) is 18.5 Å². The van der Waals surface area contributed by atoms with Crippen LogP contribution in [0.25, 0.3) is 11.4 Å². The largest absolute Gasteiger partial charge is 0.338 e. The van der Waals surface area contributed by atoms with Crippen molar-refractivity contribution >= 4 is 15.7 Å². The van der Waals surface area contributed by atoms with Gasteiger partial charge in [0.15, 0.2) is 0 Å². The van der Waals surface area contributed by atoms with Crippen molar-refractivity contribution in [3.8, 4) is 11.4 Å². The lowest BCUT2D eigenvalue weighted by Gasteiger charge is -2.18. The topological polar surface area (TPSA) is 119 Å². The molecule has 0 radical (unpaired) electrons. The minimum Gasteiger partial charge on any atom is -0.338 e. The predicted octanol–water partition coefficient (Wildman–Crippen LogP) is 3.33. The van der Waals surface area contributed by atoms with Gasteiger partial charge in [-0.05, 0) is 19.1 Å². The van der Waals surface area contributed by atoms with Crippen LogP contribution in [-0.2, 0) is 16.6 Å². The molecular weight excluding hydrogens is 396 g/mol. The lowest BCUT2D eigenvalue weighted by Crippen LogP contribution is -2.31. The fourth-order valence-electron chi connectivity index (χ4n) is 2.57. The molecule has 0 saturated carbocycles. The van der Waals surface area contributed by atoms with E-state index in [0.29, 0.717) is 5.82 Å². The number of aromatic nitrogens is 2. The van der Waals surface area contributed by atoms with Gasteiger partial charge in [-0.3, -0.25) is 10.1 Å². The summed E-state index contributed by atoms with van der Waals surface area (Å²) in [5, 5.41) is 14.7. The maximum Gasteiger partial charge on any atom is 0.269 e. The van der Waals surface area contributed by atoms with Crippen molar-refractivity contribution in [2.75, 3.05) is 6.54 Å². The highest BCUT2D eigenvalue weighted by atomic mass is 32.2. The molecule has 0 N–H and O–H groups in total. The van der Waals surface area contributed by atoms with E-state index in [1.165, 1.54) is 18.2 Å². The number of nitrogens with zero attached hydrogens (tertiary/aromatic N) is 4. The molecule has 3 rings (SSSR count). The van der Waals surface area contributed by atoms with Crippen LogP contribution < -0.4 is 0 Å². The van der Waals surface area contributed by atoms with Gasteiger partial charge in [0.05, 0.1) is 16.4 Å². The Hall–Kier alpha value is -3.37. The highest BCUT2D eigenvalue weighted by Crippen LogP contribution is 2.22. The highest BCUT2D eigenvalue weighted by Gasteiger charge is 2.26. The molecule has 29 heavy (non-hydrogen) atoms. The summed E-state index contributed by atoms with van der Waals surface area (Å²) < 4.78 is 32.2. The van der Waals surface area contributed by atoms with Crippen LogP contribution >= 0.6 is 0 Å². The molecule has 0 bridgehead atoms. The van der Waals surface area contributed by atoms with Gasteiger partial charge in [-0.2, -0.15) is 9.29 Å². The summed E-state index contributed by atoms with van der Waals surface area (Å²) in [5.41, 5.74) is 1.64. The van der Waals surface area contributed by atoms with E-state index in [4.69, 9.17) is 4.52 Å². The van der Waals surface area contributed by atoms with Crippen LogP contribution in [0, 0.1) is 17.0 Å². The zero-order valence-corrected chi connectivity index (χ0v) is 16.4. The summed E-state index contributed by atoms with van der Waals surface area (Å²) >= 11 is 0. The number of non-ortho nitro benzene ring substituents is 1. The normalized spacial score (nSPS) is 11.5. The second kappa shape index (κ2) is 8.33. The van der Waals surface area contributed by atoms with Gasteiger partial charge < -0.3 is 4.52 Å². The third-order valence-corrected chi connectivity index (χ3v) is 5.93. The number of sulfonamides is 1. The van der Waals surface area contributed by atoms with Crippen LogP contribution in [-0.4, -0.2) is 34.3 Å². The Kier molecular flexibility index (Phi) is 5.85. The first-order chi connectivity index (χ1) is 13.8. The van der Waals surface area contributed by atoms with Gasteiger partial charge >= 0.3 is 0 Å². The van der Waals surface area contributed by atoms with Crippen LogP contribution in [0.5, 0.6) is 0 Å². The van der Waals surface area contributed by atoms with Crippen molar-refractivity contribution in [3.63, 3.8) is 0 Å². The molecule has 10 heteroatoms. The number of nitro benzene ring substituents is 1. The van der Waals surface area contributed by atoms with Gasteiger partial charge in [-0.15, -0.1) is 6.58 Å². The van der Waals surface area contributed by atoms with Crippen molar-refractivity contribution in [2.24, 2.45) is 0 Å². The number of hydrogen-bond donors (Lipinski definition) is 0. The van der Waals surface area contributed by atoms with Crippen molar-refractivity contribution in [1.82, 2.24) is 14.4 Å². The van der Waals surface area contributed by atoms with Crippen molar-refractivity contribution < 1.29 is 17.9 Å². The Bertz CT molecular complexity index is 1120.